The van der Waals surface area contributed by atoms with Gasteiger partial charge in [-0.1, -0.05) is 63.2 Å². The molecular weight excluding hydrogens is 290 g/mol. The highest BCUT2D eigenvalue weighted by Gasteiger charge is 2.22. The molecule has 20 heavy (non-hydrogen) atoms. The Morgan fingerprint density at radius 3 is 2.35 bits per heavy atom. The summed E-state index contributed by atoms with van der Waals surface area (Å²) >= 11 is 2.49. The highest BCUT2D eigenvalue weighted by molar-refractivity contribution is 7.99. The molecular formula is C15H27NO2S2. The lowest BCUT2D eigenvalue weighted by Gasteiger charge is -2.23. The third-order valence-corrected chi connectivity index (χ3v) is 5.42. The van der Waals surface area contributed by atoms with E-state index in [1.807, 2.05) is 0 Å². The van der Waals surface area contributed by atoms with Gasteiger partial charge < -0.3 is 5.11 Å². The van der Waals surface area contributed by atoms with E-state index in [1.54, 1.807) is 0 Å². The van der Waals surface area contributed by atoms with Gasteiger partial charge in [0.25, 0.3) is 0 Å². The maximum absolute atomic E-state index is 11.6. The van der Waals surface area contributed by atoms with Crippen molar-refractivity contribution in [2.45, 2.75) is 76.9 Å². The van der Waals surface area contributed by atoms with Gasteiger partial charge in [0.2, 0.25) is 5.88 Å². The van der Waals surface area contributed by atoms with Crippen molar-refractivity contribution in [2.24, 2.45) is 0 Å². The van der Waals surface area contributed by atoms with E-state index in [0.29, 0.717) is 0 Å². The minimum atomic E-state index is -0.0971. The van der Waals surface area contributed by atoms with Crippen LogP contribution >= 0.6 is 23.3 Å². The van der Waals surface area contributed by atoms with E-state index in [2.05, 4.69) is 20.8 Å². The first kappa shape index (κ1) is 17.6. The first-order chi connectivity index (χ1) is 9.46. The molecule has 1 aromatic rings. The molecule has 1 rings (SSSR count). The Balaban J connectivity index is 2.26. The molecule has 1 N–H and O–H groups in total. The summed E-state index contributed by atoms with van der Waals surface area (Å²) in [5, 5.41) is 11.1. The van der Waals surface area contributed by atoms with Crippen LogP contribution < -0.4 is 4.87 Å². The molecule has 0 saturated carbocycles. The minimum Gasteiger partial charge on any atom is -0.493 e. The minimum absolute atomic E-state index is 0.0220. The van der Waals surface area contributed by atoms with Crippen molar-refractivity contribution in [3.63, 3.8) is 0 Å². The monoisotopic (exact) mass is 317 g/mol. The molecule has 0 aliphatic rings. The summed E-state index contributed by atoms with van der Waals surface area (Å²) in [4.78, 5) is 11.5. The van der Waals surface area contributed by atoms with Crippen LogP contribution in [0.1, 0.15) is 72.1 Å². The molecule has 1 heterocycles. The number of thiazole rings is 1. The zero-order chi connectivity index (χ0) is 15.0. The van der Waals surface area contributed by atoms with Crippen molar-refractivity contribution in [1.82, 2.24) is 3.97 Å². The molecule has 0 aliphatic heterocycles. The average Bonchev–Trinajstić information content (AvgIpc) is 2.69. The van der Waals surface area contributed by atoms with Gasteiger partial charge in [0.15, 0.2) is 0 Å². The summed E-state index contributed by atoms with van der Waals surface area (Å²) in [5.74, 6) is 0.0673. The Morgan fingerprint density at radius 2 is 1.80 bits per heavy atom. The Morgan fingerprint density at radius 1 is 1.20 bits per heavy atom. The number of unbranched alkanes of at least 4 members (excludes halogenated alkanes) is 6. The van der Waals surface area contributed by atoms with E-state index in [1.165, 1.54) is 66.2 Å². The largest absolute Gasteiger partial charge is 0.493 e. The zero-order valence-electron chi connectivity index (χ0n) is 12.9. The molecule has 1 aromatic heterocycles. The normalized spacial score (nSPS) is 11.9. The van der Waals surface area contributed by atoms with Crippen LogP contribution in [0, 0.1) is 0 Å². The van der Waals surface area contributed by atoms with Gasteiger partial charge in [0, 0.05) is 4.75 Å². The molecule has 116 valence electrons. The first-order valence-electron chi connectivity index (χ1n) is 7.55. The molecule has 0 aliphatic carbocycles. The van der Waals surface area contributed by atoms with E-state index in [-0.39, 0.29) is 15.5 Å². The quantitative estimate of drug-likeness (QED) is 0.615. The van der Waals surface area contributed by atoms with Crippen LogP contribution in [0.5, 0.6) is 5.88 Å². The second kappa shape index (κ2) is 8.78. The van der Waals surface area contributed by atoms with E-state index in [4.69, 9.17) is 0 Å². The van der Waals surface area contributed by atoms with Crippen LogP contribution in [0.4, 0.5) is 0 Å². The smallest absolute Gasteiger partial charge is 0.320 e. The second-order valence-corrected chi connectivity index (χ2v) is 8.35. The van der Waals surface area contributed by atoms with Gasteiger partial charge in [0.1, 0.15) is 0 Å². The molecule has 3 nitrogen and oxygen atoms in total. The highest BCUT2D eigenvalue weighted by atomic mass is 32.2. The fourth-order valence-corrected chi connectivity index (χ4v) is 3.94. The summed E-state index contributed by atoms with van der Waals surface area (Å²) in [7, 11) is 0. The molecule has 0 unspecified atom stereocenters. The average molecular weight is 318 g/mol. The van der Waals surface area contributed by atoms with Crippen LogP contribution in [-0.4, -0.2) is 13.8 Å². The number of aromatic hydroxyl groups is 1. The van der Waals surface area contributed by atoms with Crippen LogP contribution in [0.2, 0.25) is 0 Å². The number of hydrogen-bond acceptors (Lipinski definition) is 4. The summed E-state index contributed by atoms with van der Waals surface area (Å²) < 4.78 is 1.39. The SMILES string of the molecule is CCCCCCCCCC(C)(C)Sn1c(O)csc1=O. The maximum Gasteiger partial charge on any atom is 0.320 e. The number of rotatable bonds is 10. The molecule has 0 saturated heterocycles. The predicted molar refractivity (Wildman–Crippen MR) is 89.9 cm³/mol. The molecule has 0 bridgehead atoms. The highest BCUT2D eigenvalue weighted by Crippen LogP contribution is 2.33. The molecule has 0 spiro atoms. The first-order valence-corrected chi connectivity index (χ1v) is 9.20. The van der Waals surface area contributed by atoms with Crippen LogP contribution in [0.15, 0.2) is 10.2 Å². The van der Waals surface area contributed by atoms with Crippen molar-refractivity contribution in [2.75, 3.05) is 0 Å². The molecule has 0 aromatic carbocycles. The Hall–Kier alpha value is -0.420. The summed E-state index contributed by atoms with van der Waals surface area (Å²) in [5.41, 5.74) is 0. The topological polar surface area (TPSA) is 42.2 Å². The number of hydrogen-bond donors (Lipinski definition) is 1. The van der Waals surface area contributed by atoms with Gasteiger partial charge in [0.05, 0.1) is 5.38 Å². The van der Waals surface area contributed by atoms with Gasteiger partial charge in [-0.15, -0.1) is 0 Å². The second-order valence-electron chi connectivity index (χ2n) is 5.88. The summed E-state index contributed by atoms with van der Waals surface area (Å²) in [6, 6.07) is 0. The molecule has 0 fully saturated rings. The lowest BCUT2D eigenvalue weighted by Crippen LogP contribution is -2.20. The summed E-state index contributed by atoms with van der Waals surface area (Å²) in [6.07, 6.45) is 10.2. The predicted octanol–water partition coefficient (Wildman–Crippen LogP) is 5.03. The third kappa shape index (κ3) is 6.35. The zero-order valence-corrected chi connectivity index (χ0v) is 14.5. The van der Waals surface area contributed by atoms with Crippen LogP contribution in [0.25, 0.3) is 0 Å². The fourth-order valence-electron chi connectivity index (χ4n) is 2.18. The number of nitrogens with zero attached hydrogens (tertiary/aromatic N) is 1. The fraction of sp³-hybridized carbons (Fsp3) is 0.800. The van der Waals surface area contributed by atoms with Crippen molar-refractivity contribution < 1.29 is 5.11 Å². The van der Waals surface area contributed by atoms with Crippen molar-refractivity contribution in [3.05, 3.63) is 15.0 Å². The van der Waals surface area contributed by atoms with Gasteiger partial charge in [-0.3, -0.25) is 4.79 Å². The van der Waals surface area contributed by atoms with Gasteiger partial charge in [-0.05, 0) is 32.2 Å². The van der Waals surface area contributed by atoms with Gasteiger partial charge in [-0.25, -0.2) is 3.97 Å². The lowest BCUT2D eigenvalue weighted by atomic mass is 10.0. The Bertz CT molecular complexity index is 437. The molecule has 5 heteroatoms. The van der Waals surface area contributed by atoms with E-state index in [0.717, 1.165) is 17.8 Å². The number of aromatic nitrogens is 1. The molecule has 0 atom stereocenters. The van der Waals surface area contributed by atoms with E-state index < -0.39 is 0 Å². The maximum atomic E-state index is 11.6. The van der Waals surface area contributed by atoms with Crippen LogP contribution in [0.3, 0.4) is 0 Å². The third-order valence-electron chi connectivity index (χ3n) is 3.36. The Labute approximate surface area is 130 Å². The van der Waals surface area contributed by atoms with Crippen molar-refractivity contribution >= 4 is 23.3 Å². The lowest BCUT2D eigenvalue weighted by molar-refractivity contribution is 0.448. The van der Waals surface area contributed by atoms with Crippen LogP contribution in [-0.2, 0) is 0 Å². The van der Waals surface area contributed by atoms with Crippen molar-refractivity contribution in [3.8, 4) is 5.88 Å². The van der Waals surface area contributed by atoms with E-state index in [9.17, 15) is 9.90 Å². The van der Waals surface area contributed by atoms with E-state index >= 15 is 0 Å². The molecule has 0 amide bonds. The molecule has 0 radical (unpaired) electrons. The summed E-state index contributed by atoms with van der Waals surface area (Å²) in [6.45, 7) is 6.51. The van der Waals surface area contributed by atoms with Gasteiger partial charge >= 0.3 is 4.87 Å². The standard InChI is InChI=1S/C15H27NO2S2/c1-4-5-6-7-8-9-10-11-15(2,3)20-16-13(17)12-19-14(16)18/h12,17H,4-11H2,1-3H3. The van der Waals surface area contributed by atoms with Crippen molar-refractivity contribution in [1.29, 1.82) is 0 Å². The van der Waals surface area contributed by atoms with Gasteiger partial charge in [-0.2, -0.15) is 0 Å². The Kier molecular flexibility index (Phi) is 7.74.